The van der Waals surface area contributed by atoms with Crippen LogP contribution in [-0.2, 0) is 20.8 Å². The molecular weight excluding hydrogens is 388 g/mol. The van der Waals surface area contributed by atoms with Gasteiger partial charge in [-0.15, -0.1) is 0 Å². The highest BCUT2D eigenvalue weighted by Gasteiger charge is 2.54. The number of ether oxygens (including phenoxy) is 2. The van der Waals surface area contributed by atoms with Gasteiger partial charge >= 0.3 is 5.97 Å². The highest BCUT2D eigenvalue weighted by atomic mass is 16.5. The first-order valence-electron chi connectivity index (χ1n) is 11.0. The van der Waals surface area contributed by atoms with E-state index in [1.807, 2.05) is 6.92 Å². The molecule has 1 aromatic heterocycles. The van der Waals surface area contributed by atoms with Crippen molar-refractivity contribution in [3.8, 4) is 0 Å². The van der Waals surface area contributed by atoms with Gasteiger partial charge in [-0.1, -0.05) is 0 Å². The summed E-state index contributed by atoms with van der Waals surface area (Å²) in [4.78, 5) is 34.6. The number of rotatable bonds is 5. The third-order valence-corrected chi connectivity index (χ3v) is 6.96. The number of nitrogens with zero attached hydrogens (tertiary/aromatic N) is 3. The minimum atomic E-state index is -0.646. The van der Waals surface area contributed by atoms with Gasteiger partial charge in [0.1, 0.15) is 6.26 Å². The topological polar surface area (TPSA) is 111 Å². The monoisotopic (exact) mass is 420 g/mol. The second kappa shape index (κ2) is 9.03. The maximum Gasteiger partial charge on any atom is 0.314 e. The fourth-order valence-electron chi connectivity index (χ4n) is 5.35. The molecule has 3 atom stereocenters. The summed E-state index contributed by atoms with van der Waals surface area (Å²) < 4.78 is 16.2. The van der Waals surface area contributed by atoms with Gasteiger partial charge in [0.25, 0.3) is 5.91 Å². The molecule has 1 aliphatic carbocycles. The predicted molar refractivity (Wildman–Crippen MR) is 108 cm³/mol. The molecule has 0 aromatic carbocycles. The number of esters is 1. The number of carbonyl (C=O) groups excluding carboxylic acids is 2. The Morgan fingerprint density at radius 1 is 1.30 bits per heavy atom. The predicted octanol–water partition coefficient (Wildman–Crippen LogP) is 1.03. The summed E-state index contributed by atoms with van der Waals surface area (Å²) >= 11 is 0. The van der Waals surface area contributed by atoms with E-state index in [1.165, 1.54) is 6.26 Å². The Morgan fingerprint density at radius 2 is 2.10 bits per heavy atom. The number of morpholine rings is 1. The van der Waals surface area contributed by atoms with Gasteiger partial charge in [-0.3, -0.25) is 14.5 Å². The smallest absolute Gasteiger partial charge is 0.314 e. The van der Waals surface area contributed by atoms with Gasteiger partial charge in [0, 0.05) is 32.2 Å². The molecular formula is C21H32N4O5. The average molecular weight is 421 g/mol. The van der Waals surface area contributed by atoms with E-state index in [4.69, 9.17) is 19.6 Å². The number of piperidine rings is 1. The largest absolute Gasteiger partial charge is 0.466 e. The Morgan fingerprint density at radius 3 is 2.80 bits per heavy atom. The van der Waals surface area contributed by atoms with Crippen LogP contribution >= 0.6 is 0 Å². The molecule has 0 spiro atoms. The van der Waals surface area contributed by atoms with Crippen molar-refractivity contribution < 1.29 is 23.5 Å². The summed E-state index contributed by atoms with van der Waals surface area (Å²) in [5, 5.41) is 0. The summed E-state index contributed by atoms with van der Waals surface area (Å²) in [7, 11) is 0. The van der Waals surface area contributed by atoms with Crippen LogP contribution in [0.3, 0.4) is 0 Å². The number of amides is 1. The number of carbonyl (C=O) groups is 2. The van der Waals surface area contributed by atoms with Crippen LogP contribution in [0.5, 0.6) is 0 Å². The molecule has 3 fully saturated rings. The molecule has 2 N–H and O–H groups in total. The van der Waals surface area contributed by atoms with Gasteiger partial charge in [0.2, 0.25) is 5.89 Å². The first-order valence-corrected chi connectivity index (χ1v) is 11.0. The maximum atomic E-state index is 13.1. The van der Waals surface area contributed by atoms with Crippen molar-refractivity contribution in [3.63, 3.8) is 0 Å². The Hall–Kier alpha value is -1.97. The number of oxazole rings is 1. The Labute approximate surface area is 176 Å². The third kappa shape index (κ3) is 3.98. The quantitative estimate of drug-likeness (QED) is 0.703. The minimum Gasteiger partial charge on any atom is -0.466 e. The van der Waals surface area contributed by atoms with Gasteiger partial charge in [-0.25, -0.2) is 4.98 Å². The second-order valence-electron chi connectivity index (χ2n) is 8.50. The Kier molecular flexibility index (Phi) is 6.40. The lowest BCUT2D eigenvalue weighted by Gasteiger charge is -2.52. The van der Waals surface area contributed by atoms with E-state index in [9.17, 15) is 9.59 Å². The summed E-state index contributed by atoms with van der Waals surface area (Å²) in [5.41, 5.74) is 5.14. The molecule has 3 heterocycles. The number of hydrogen-bond donors (Lipinski definition) is 1. The van der Waals surface area contributed by atoms with Crippen molar-refractivity contribution in [3.05, 3.63) is 17.8 Å². The molecule has 0 radical (unpaired) electrons. The van der Waals surface area contributed by atoms with Gasteiger partial charge in [-0.2, -0.15) is 0 Å². The molecule has 2 saturated heterocycles. The van der Waals surface area contributed by atoms with Gasteiger partial charge in [-0.05, 0) is 38.5 Å². The van der Waals surface area contributed by atoms with E-state index < -0.39 is 5.41 Å². The molecule has 2 aliphatic heterocycles. The Balaban J connectivity index is 1.52. The molecule has 1 saturated carbocycles. The van der Waals surface area contributed by atoms with Crippen molar-refractivity contribution >= 4 is 11.9 Å². The zero-order valence-corrected chi connectivity index (χ0v) is 17.7. The SMILES string of the molecule is CCOC(=O)[C@@]12CC[C@@H](N3CCOCC3)C[C@H]1CCN(C(=O)c1coc(CN)n1)C2. The van der Waals surface area contributed by atoms with Crippen molar-refractivity contribution in [2.45, 2.75) is 45.2 Å². The first kappa shape index (κ1) is 21.3. The number of likely N-dealkylation sites (tertiary alicyclic amines) is 1. The summed E-state index contributed by atoms with van der Waals surface area (Å²) in [6, 6.07) is 0.464. The lowest BCUT2D eigenvalue weighted by molar-refractivity contribution is -0.168. The van der Waals surface area contributed by atoms with Crippen molar-refractivity contribution in [2.75, 3.05) is 46.0 Å². The van der Waals surface area contributed by atoms with Crippen LogP contribution < -0.4 is 5.73 Å². The summed E-state index contributed by atoms with van der Waals surface area (Å²) in [6.07, 6.45) is 4.76. The molecule has 3 aliphatic rings. The van der Waals surface area contributed by atoms with E-state index in [-0.39, 0.29) is 30.0 Å². The van der Waals surface area contributed by atoms with Gasteiger partial charge in [0.05, 0.1) is 31.8 Å². The molecule has 0 bridgehead atoms. The molecule has 0 unspecified atom stereocenters. The van der Waals surface area contributed by atoms with Crippen LogP contribution in [0.4, 0.5) is 0 Å². The van der Waals surface area contributed by atoms with Gasteiger partial charge in [0.15, 0.2) is 5.69 Å². The first-order chi connectivity index (χ1) is 14.6. The summed E-state index contributed by atoms with van der Waals surface area (Å²) in [5.74, 6) is 0.157. The fourth-order valence-corrected chi connectivity index (χ4v) is 5.35. The number of hydrogen-bond acceptors (Lipinski definition) is 8. The van der Waals surface area contributed by atoms with Crippen molar-refractivity contribution in [2.24, 2.45) is 17.1 Å². The van der Waals surface area contributed by atoms with Crippen molar-refractivity contribution in [1.82, 2.24) is 14.8 Å². The third-order valence-electron chi connectivity index (χ3n) is 6.96. The fraction of sp³-hybridized carbons (Fsp3) is 0.762. The zero-order valence-electron chi connectivity index (χ0n) is 17.7. The summed E-state index contributed by atoms with van der Waals surface area (Å²) in [6.45, 7) is 6.74. The number of nitrogens with two attached hydrogens (primary N) is 1. The molecule has 4 rings (SSSR count). The zero-order chi connectivity index (χ0) is 21.1. The molecule has 166 valence electrons. The molecule has 1 amide bonds. The van der Waals surface area contributed by atoms with Crippen LogP contribution in [0.15, 0.2) is 10.7 Å². The van der Waals surface area contributed by atoms with Gasteiger partial charge < -0.3 is 24.5 Å². The van der Waals surface area contributed by atoms with E-state index in [1.54, 1.807) is 4.90 Å². The Bertz CT molecular complexity index is 762. The number of aromatic nitrogens is 1. The van der Waals surface area contributed by atoms with E-state index in [0.29, 0.717) is 31.6 Å². The van der Waals surface area contributed by atoms with Crippen molar-refractivity contribution in [1.29, 1.82) is 0 Å². The molecule has 9 nitrogen and oxygen atoms in total. The second-order valence-corrected chi connectivity index (χ2v) is 8.50. The molecule has 30 heavy (non-hydrogen) atoms. The standard InChI is InChI=1S/C21H32N4O5/c1-2-29-20(27)21-5-3-16(24-7-9-28-10-8-24)11-15(21)4-6-25(14-21)19(26)17-13-30-18(12-22)23-17/h13,15-16H,2-12,14,22H2,1H3/t15-,16-,21-/m1/s1. The molecule has 9 heteroatoms. The van der Waals surface area contributed by atoms with Crippen LogP contribution in [0.2, 0.25) is 0 Å². The number of fused-ring (bicyclic) bond motifs is 1. The normalized spacial score (nSPS) is 30.0. The van der Waals surface area contributed by atoms with Crippen LogP contribution in [-0.4, -0.2) is 78.7 Å². The van der Waals surface area contributed by atoms with E-state index >= 15 is 0 Å². The average Bonchev–Trinajstić information content (AvgIpc) is 3.28. The van der Waals surface area contributed by atoms with Crippen LogP contribution in [0.25, 0.3) is 0 Å². The lowest BCUT2D eigenvalue weighted by atomic mass is 9.61. The highest BCUT2D eigenvalue weighted by molar-refractivity contribution is 5.92. The minimum absolute atomic E-state index is 0.144. The highest BCUT2D eigenvalue weighted by Crippen LogP contribution is 2.48. The van der Waals surface area contributed by atoms with E-state index in [2.05, 4.69) is 9.88 Å². The van der Waals surface area contributed by atoms with Crippen LogP contribution in [0, 0.1) is 11.3 Å². The maximum absolute atomic E-state index is 13.1. The molecule has 1 aromatic rings. The van der Waals surface area contributed by atoms with E-state index in [0.717, 1.165) is 52.0 Å². The van der Waals surface area contributed by atoms with Crippen LogP contribution in [0.1, 0.15) is 49.0 Å². The lowest BCUT2D eigenvalue weighted by Crippen LogP contribution is -2.59.